The minimum Gasteiger partial charge on any atom is -0.491 e. The van der Waals surface area contributed by atoms with E-state index in [1.165, 1.54) is 11.0 Å². The molecule has 7 atom stereocenters. The van der Waals surface area contributed by atoms with Crippen LogP contribution in [0.25, 0.3) is 11.3 Å². The van der Waals surface area contributed by atoms with Crippen molar-refractivity contribution in [3.05, 3.63) is 53.6 Å². The second kappa shape index (κ2) is 15.6. The monoisotopic (exact) mass is 799 g/mol. The van der Waals surface area contributed by atoms with Gasteiger partial charge in [-0.25, -0.2) is 18.2 Å². The summed E-state index contributed by atoms with van der Waals surface area (Å²) in [4.78, 5) is 60.5. The van der Waals surface area contributed by atoms with Crippen molar-refractivity contribution in [1.82, 2.24) is 25.2 Å². The number of carboxylic acid groups (broad SMARTS) is 1. The summed E-state index contributed by atoms with van der Waals surface area (Å²) in [5, 5.41) is 15.4. The number of halogens is 1. The quantitative estimate of drug-likeness (QED) is 0.249. The predicted octanol–water partition coefficient (Wildman–Crippen LogP) is 5.06. The smallest absolute Gasteiger partial charge is 0.405 e. The van der Waals surface area contributed by atoms with Gasteiger partial charge in [0.15, 0.2) is 0 Å². The number of pyridine rings is 1. The Morgan fingerprint density at radius 3 is 2.47 bits per heavy atom. The number of carbonyl (C=O) groups is 4. The van der Waals surface area contributed by atoms with E-state index < -0.39 is 74.1 Å². The molecule has 1 aromatic carbocycles. The van der Waals surface area contributed by atoms with Crippen LogP contribution in [0.3, 0.4) is 0 Å². The summed E-state index contributed by atoms with van der Waals surface area (Å²) in [6, 6.07) is 8.17. The maximum atomic E-state index is 14.4. The molecule has 3 heterocycles. The lowest BCUT2D eigenvalue weighted by Gasteiger charge is -2.32. The number of nitrogens with zero attached hydrogens (tertiary/aromatic N) is 2. The van der Waals surface area contributed by atoms with E-state index in [-0.39, 0.29) is 37.3 Å². The van der Waals surface area contributed by atoms with Crippen LogP contribution < -0.4 is 24.8 Å². The van der Waals surface area contributed by atoms with E-state index >= 15 is 0 Å². The van der Waals surface area contributed by atoms with Gasteiger partial charge in [-0.3, -0.25) is 19.1 Å². The molecule has 298 valence electrons. The second-order valence-corrected chi connectivity index (χ2v) is 18.7. The average molecular weight is 800 g/mol. The third-order valence-corrected chi connectivity index (χ3v) is 13.5. The van der Waals surface area contributed by atoms with E-state index in [4.69, 9.17) is 21.1 Å². The molecule has 2 aromatic rings. The number of hydrogen-bond acceptors (Lipinski definition) is 9. The Bertz CT molecular complexity index is 1950. The first-order chi connectivity index (χ1) is 25.9. The molecule has 16 heteroatoms. The maximum Gasteiger partial charge on any atom is 0.405 e. The first-order valence-electron chi connectivity index (χ1n) is 18.9. The molecular formula is C39H50ClN5O9S. The van der Waals surface area contributed by atoms with E-state index in [2.05, 4.69) is 20.3 Å². The van der Waals surface area contributed by atoms with Crippen LogP contribution in [-0.4, -0.2) is 88.3 Å². The van der Waals surface area contributed by atoms with Crippen LogP contribution in [0.2, 0.25) is 5.02 Å². The van der Waals surface area contributed by atoms with Gasteiger partial charge in [0.25, 0.3) is 5.91 Å². The van der Waals surface area contributed by atoms with Crippen LogP contribution in [0.4, 0.5) is 4.79 Å². The molecule has 3 fully saturated rings. The number of nitrogens with one attached hydrogen (secondary N) is 3. The number of fused-ring (bicyclic) bond motifs is 2. The van der Waals surface area contributed by atoms with Gasteiger partial charge in [0, 0.05) is 29.0 Å². The van der Waals surface area contributed by atoms with Crippen molar-refractivity contribution in [3.8, 4) is 22.9 Å². The minimum absolute atomic E-state index is 0.00370. The topological polar surface area (TPSA) is 193 Å². The molecule has 0 unspecified atom stereocenters. The van der Waals surface area contributed by atoms with Crippen molar-refractivity contribution < 1.29 is 42.2 Å². The van der Waals surface area contributed by atoms with Gasteiger partial charge in [0.05, 0.1) is 23.1 Å². The SMILES string of the molecule is CC(C)Oc1ccc(-c2cc(Cl)cc(O[C@@H]3C[C@H]4C(=O)N[C@]5(C(=O)NS(=O)(=O)C6(C)CC6)C[C@H]5C=CCC[C@@H](C)C[C@@H](C)[C@H](NC(=O)O)C(=O)N4C3)n2)cc1. The standard InChI is InChI=1S/C39H50ClN5O9S/c1-22(2)53-28-12-10-25(11-13-28)30-17-27(40)18-32(41-30)54-29-19-31-34(46)43-39(36(48)44-55(51,52)38(5)14-15-38)20-26(39)9-7-6-8-23(3)16-24(4)33(42-37(49)50)35(47)45(31)21-29/h7,9-13,17-18,22-24,26,29,31,33,42H,6,8,14-16,19-21H2,1-5H3,(H,43,46)(H,44,48)(H,49,50)/t23-,24-,26-,29-,31+,33+,39-/m1/s1. The molecule has 2 aliphatic carbocycles. The maximum absolute atomic E-state index is 14.4. The largest absolute Gasteiger partial charge is 0.491 e. The van der Waals surface area contributed by atoms with Gasteiger partial charge >= 0.3 is 6.09 Å². The molecule has 0 radical (unpaired) electrons. The van der Waals surface area contributed by atoms with Gasteiger partial charge in [-0.05, 0) is 101 Å². The number of amides is 4. The van der Waals surface area contributed by atoms with Crippen LogP contribution in [0, 0.1) is 17.8 Å². The molecule has 1 saturated heterocycles. The van der Waals surface area contributed by atoms with Crippen molar-refractivity contribution in [3.63, 3.8) is 0 Å². The van der Waals surface area contributed by atoms with Crippen LogP contribution in [-0.2, 0) is 24.4 Å². The molecular weight excluding hydrogens is 750 g/mol. The number of carbonyl (C=O) groups excluding carboxylic acids is 3. The third-order valence-electron chi connectivity index (χ3n) is 11.1. The summed E-state index contributed by atoms with van der Waals surface area (Å²) in [6.45, 7) is 9.17. The summed E-state index contributed by atoms with van der Waals surface area (Å²) in [7, 11) is -4.01. The Kier molecular flexibility index (Phi) is 11.5. The summed E-state index contributed by atoms with van der Waals surface area (Å²) in [5.74, 6) is -2.07. The molecule has 4 amide bonds. The number of allylic oxidation sites excluding steroid dienone is 1. The lowest BCUT2D eigenvalue weighted by atomic mass is 9.88. The van der Waals surface area contributed by atoms with Crippen LogP contribution in [0.15, 0.2) is 48.6 Å². The number of benzene rings is 1. The fraction of sp³-hybridized carbons (Fsp3) is 0.564. The summed E-state index contributed by atoms with van der Waals surface area (Å²) < 4.78 is 39.5. The van der Waals surface area contributed by atoms with E-state index in [0.717, 1.165) is 12.0 Å². The Balaban J connectivity index is 1.30. The number of sulfonamides is 1. The summed E-state index contributed by atoms with van der Waals surface area (Å²) >= 11 is 6.52. The highest BCUT2D eigenvalue weighted by Gasteiger charge is 2.63. The number of aromatic nitrogens is 1. The van der Waals surface area contributed by atoms with Crippen molar-refractivity contribution in [2.75, 3.05) is 6.54 Å². The van der Waals surface area contributed by atoms with Gasteiger partial charge < -0.3 is 30.1 Å². The molecule has 6 rings (SSSR count). The highest BCUT2D eigenvalue weighted by molar-refractivity contribution is 7.91. The number of ether oxygens (including phenoxy) is 2. The molecule has 4 N–H and O–H groups in total. The van der Waals surface area contributed by atoms with Crippen LogP contribution >= 0.6 is 11.6 Å². The molecule has 0 bridgehead atoms. The van der Waals surface area contributed by atoms with Gasteiger partial charge in [-0.15, -0.1) is 0 Å². The van der Waals surface area contributed by atoms with Crippen molar-refractivity contribution in [2.45, 2.75) is 114 Å². The number of rotatable bonds is 9. The van der Waals surface area contributed by atoms with Crippen molar-refractivity contribution in [2.24, 2.45) is 17.8 Å². The lowest BCUT2D eigenvalue weighted by Crippen LogP contribution is -2.59. The molecule has 1 aromatic heterocycles. The molecule has 14 nitrogen and oxygen atoms in total. The average Bonchev–Trinajstić information content (AvgIpc) is 3.98. The van der Waals surface area contributed by atoms with Crippen LogP contribution in [0.5, 0.6) is 11.6 Å². The predicted molar refractivity (Wildman–Crippen MR) is 205 cm³/mol. The summed E-state index contributed by atoms with van der Waals surface area (Å²) in [5.41, 5.74) is -0.293. The highest BCUT2D eigenvalue weighted by Crippen LogP contribution is 2.47. The first kappa shape index (κ1) is 40.3. The lowest BCUT2D eigenvalue weighted by molar-refractivity contribution is -0.142. The van der Waals surface area contributed by atoms with E-state index in [1.54, 1.807) is 19.9 Å². The normalized spacial score (nSPS) is 29.2. The van der Waals surface area contributed by atoms with E-state index in [1.807, 2.05) is 57.2 Å². The van der Waals surface area contributed by atoms with Gasteiger partial charge in [-0.1, -0.05) is 37.6 Å². The highest BCUT2D eigenvalue weighted by atomic mass is 35.5. The van der Waals surface area contributed by atoms with E-state index in [9.17, 15) is 32.7 Å². The van der Waals surface area contributed by atoms with Gasteiger partial charge in [-0.2, -0.15) is 0 Å². The van der Waals surface area contributed by atoms with Gasteiger partial charge in [0.2, 0.25) is 27.7 Å². The summed E-state index contributed by atoms with van der Waals surface area (Å²) in [6.07, 6.45) is 4.49. The Hall–Kier alpha value is -4.37. The fourth-order valence-corrected chi connectivity index (χ4v) is 9.07. The fourth-order valence-electron chi connectivity index (χ4n) is 7.56. The molecule has 0 spiro atoms. The molecule has 2 aliphatic heterocycles. The van der Waals surface area contributed by atoms with Gasteiger partial charge in [0.1, 0.15) is 29.5 Å². The Morgan fingerprint density at radius 1 is 1.11 bits per heavy atom. The Morgan fingerprint density at radius 2 is 1.82 bits per heavy atom. The third kappa shape index (κ3) is 9.04. The van der Waals surface area contributed by atoms with Crippen molar-refractivity contribution >= 4 is 45.4 Å². The molecule has 55 heavy (non-hydrogen) atoms. The molecule has 4 aliphatic rings. The second-order valence-electron chi connectivity index (χ2n) is 16.1. The van der Waals surface area contributed by atoms with Crippen LogP contribution in [0.1, 0.15) is 79.6 Å². The zero-order valence-corrected chi connectivity index (χ0v) is 33.3. The van der Waals surface area contributed by atoms with E-state index in [0.29, 0.717) is 42.1 Å². The van der Waals surface area contributed by atoms with Crippen molar-refractivity contribution in [1.29, 1.82) is 0 Å². The Labute approximate surface area is 326 Å². The first-order valence-corrected chi connectivity index (χ1v) is 20.7. The molecule has 2 saturated carbocycles. The zero-order valence-electron chi connectivity index (χ0n) is 31.7. The minimum atomic E-state index is -4.01. The zero-order chi connectivity index (χ0) is 39.9. The number of hydrogen-bond donors (Lipinski definition) is 4.